The van der Waals surface area contributed by atoms with Crippen molar-refractivity contribution in [2.24, 2.45) is 5.73 Å². The summed E-state index contributed by atoms with van der Waals surface area (Å²) >= 11 is 8.31. The van der Waals surface area contributed by atoms with Gasteiger partial charge in [-0.25, -0.2) is 9.07 Å². The monoisotopic (exact) mass is 635 g/mol. The first-order valence-electron chi connectivity index (χ1n) is 11.0. The number of nitrogens with zero attached hydrogens (tertiary/aromatic N) is 4. The number of methoxy groups -OCH3 is 1. The number of carbonyl (C=O) groups excluding carboxylic acids is 2. The van der Waals surface area contributed by atoms with E-state index in [-0.39, 0.29) is 17.5 Å². The van der Waals surface area contributed by atoms with Gasteiger partial charge in [0.1, 0.15) is 15.3 Å². The molecule has 12 heteroatoms. The molecule has 4 aromatic rings. The highest BCUT2D eigenvalue weighted by atomic mass is 127. The van der Waals surface area contributed by atoms with Crippen LogP contribution in [0.2, 0.25) is 5.02 Å². The van der Waals surface area contributed by atoms with E-state index in [0.29, 0.717) is 31.3 Å². The molecule has 1 atom stereocenters. The molecule has 0 aliphatic carbocycles. The van der Waals surface area contributed by atoms with Crippen LogP contribution in [0.5, 0.6) is 5.75 Å². The second kappa shape index (κ2) is 10.8. The number of aromatic nitrogens is 4. The molecule has 2 aromatic carbocycles. The number of hydrogen-bond acceptors (Lipinski definition) is 6. The Bertz CT molecular complexity index is 1590. The van der Waals surface area contributed by atoms with Gasteiger partial charge in [-0.05, 0) is 59.3 Å². The van der Waals surface area contributed by atoms with E-state index in [1.807, 2.05) is 22.6 Å². The molecular weight excluding hydrogens is 616 g/mol. The molecule has 1 amide bonds. The highest BCUT2D eigenvalue weighted by Crippen LogP contribution is 2.35. The van der Waals surface area contributed by atoms with Crippen LogP contribution in [0.15, 0.2) is 59.7 Å². The molecule has 2 aromatic heterocycles. The van der Waals surface area contributed by atoms with Gasteiger partial charge in [0.05, 0.1) is 36.8 Å². The fourth-order valence-corrected chi connectivity index (χ4v) is 4.53. The van der Waals surface area contributed by atoms with E-state index >= 15 is 0 Å². The number of hydrogen-bond donors (Lipinski definition) is 1. The summed E-state index contributed by atoms with van der Waals surface area (Å²) in [6.45, 7) is 1.73. The number of primary amides is 1. The summed E-state index contributed by atoms with van der Waals surface area (Å²) in [5, 5.41) is 8.55. The average molecular weight is 636 g/mol. The molecule has 0 aliphatic rings. The number of carbonyl (C=O) groups is 2. The smallest absolute Gasteiger partial charge is 0.252 e. The van der Waals surface area contributed by atoms with Crippen molar-refractivity contribution in [3.05, 3.63) is 90.9 Å². The van der Waals surface area contributed by atoms with Crippen molar-refractivity contribution in [3.63, 3.8) is 0 Å². The SMILES string of the molecule is CC[C@@H](C(=O)c1ccc(C(N)=O)c(F)c1)n1cc(OC)c(-c2cc(Cl)ccc2-n2cc(I)nn2)cc1=O. The number of nitrogens with two attached hydrogens (primary N) is 1. The topological polar surface area (TPSA) is 122 Å². The zero-order valence-electron chi connectivity index (χ0n) is 19.6. The van der Waals surface area contributed by atoms with E-state index in [9.17, 15) is 18.8 Å². The summed E-state index contributed by atoms with van der Waals surface area (Å²) in [5.41, 5.74) is 5.96. The van der Waals surface area contributed by atoms with Crippen LogP contribution in [0.3, 0.4) is 0 Å². The van der Waals surface area contributed by atoms with Crippen LogP contribution in [0.1, 0.15) is 40.1 Å². The van der Waals surface area contributed by atoms with Gasteiger partial charge in [0, 0.05) is 27.8 Å². The molecule has 0 unspecified atom stereocenters. The number of rotatable bonds is 8. The molecule has 0 saturated carbocycles. The number of halogens is 3. The molecule has 4 rings (SSSR count). The van der Waals surface area contributed by atoms with E-state index in [1.165, 1.54) is 30.0 Å². The van der Waals surface area contributed by atoms with Gasteiger partial charge in [-0.1, -0.05) is 29.8 Å². The largest absolute Gasteiger partial charge is 0.495 e. The van der Waals surface area contributed by atoms with Crippen molar-refractivity contribution in [3.8, 4) is 22.6 Å². The lowest BCUT2D eigenvalue weighted by Crippen LogP contribution is -2.29. The fraction of sp³-hybridized carbons (Fsp3) is 0.160. The Labute approximate surface area is 229 Å². The summed E-state index contributed by atoms with van der Waals surface area (Å²) in [7, 11) is 1.44. The van der Waals surface area contributed by atoms with Gasteiger partial charge in [0.25, 0.3) is 11.5 Å². The average Bonchev–Trinajstić information content (AvgIpc) is 3.30. The molecule has 0 bridgehead atoms. The lowest BCUT2D eigenvalue weighted by Gasteiger charge is -2.20. The molecule has 0 aliphatic heterocycles. The Balaban J connectivity index is 1.81. The minimum Gasteiger partial charge on any atom is -0.495 e. The second-order valence-corrected chi connectivity index (χ2v) is 9.54. The van der Waals surface area contributed by atoms with Gasteiger partial charge >= 0.3 is 0 Å². The second-order valence-electron chi connectivity index (χ2n) is 8.00. The van der Waals surface area contributed by atoms with Crippen molar-refractivity contribution in [1.29, 1.82) is 0 Å². The number of ketones is 1. The predicted octanol–water partition coefficient (Wildman–Crippen LogP) is 4.43. The molecular formula is C25H20ClFIN5O4. The molecule has 0 fully saturated rings. The van der Waals surface area contributed by atoms with Gasteiger partial charge in [0.15, 0.2) is 5.78 Å². The zero-order chi connectivity index (χ0) is 26.9. The van der Waals surface area contributed by atoms with Crippen LogP contribution >= 0.6 is 34.2 Å². The summed E-state index contributed by atoms with van der Waals surface area (Å²) in [6.07, 6.45) is 3.39. The molecule has 0 spiro atoms. The summed E-state index contributed by atoms with van der Waals surface area (Å²) in [6, 6.07) is 8.91. The molecule has 37 heavy (non-hydrogen) atoms. The number of benzene rings is 2. The minimum atomic E-state index is -0.954. The van der Waals surface area contributed by atoms with E-state index in [1.54, 1.807) is 36.0 Å². The molecule has 0 radical (unpaired) electrons. The maximum atomic E-state index is 14.3. The van der Waals surface area contributed by atoms with Crippen LogP contribution in [-0.4, -0.2) is 38.4 Å². The minimum absolute atomic E-state index is 0.00204. The van der Waals surface area contributed by atoms with E-state index < -0.39 is 29.1 Å². The first-order chi connectivity index (χ1) is 17.6. The molecule has 2 N–H and O–H groups in total. The molecule has 0 saturated heterocycles. The summed E-state index contributed by atoms with van der Waals surface area (Å²) < 4.78 is 23.4. The lowest BCUT2D eigenvalue weighted by atomic mass is 9.99. The van der Waals surface area contributed by atoms with Crippen LogP contribution in [0.25, 0.3) is 16.8 Å². The predicted molar refractivity (Wildman–Crippen MR) is 144 cm³/mol. The third-order valence-electron chi connectivity index (χ3n) is 5.77. The van der Waals surface area contributed by atoms with Gasteiger partial charge < -0.3 is 15.0 Å². The molecule has 9 nitrogen and oxygen atoms in total. The Hall–Kier alpha value is -3.58. The van der Waals surface area contributed by atoms with E-state index in [0.717, 1.165) is 12.1 Å². The van der Waals surface area contributed by atoms with Crippen LogP contribution in [0, 0.1) is 9.52 Å². The maximum absolute atomic E-state index is 14.3. The standard InChI is InChI=1S/C25H20ClFIN5O4/c1-3-19(24(35)13-4-6-15(25(29)36)18(27)8-13)32-11-21(37-2)17(10-23(32)34)16-9-14(26)5-7-20(16)33-12-22(28)30-31-33/h4-12,19H,3H2,1-2H3,(H2,29,36)/t19-/m0/s1. The summed E-state index contributed by atoms with van der Waals surface area (Å²) in [4.78, 5) is 37.9. The molecule has 2 heterocycles. The van der Waals surface area contributed by atoms with E-state index in [4.69, 9.17) is 22.1 Å². The maximum Gasteiger partial charge on any atom is 0.252 e. The fourth-order valence-electron chi connectivity index (χ4n) is 4.00. The third-order valence-corrected chi connectivity index (χ3v) is 6.50. The van der Waals surface area contributed by atoms with Crippen molar-refractivity contribution in [1.82, 2.24) is 19.6 Å². The quantitative estimate of drug-likeness (QED) is 0.226. The van der Waals surface area contributed by atoms with Gasteiger partial charge in [-0.2, -0.15) is 0 Å². The Kier molecular flexibility index (Phi) is 7.73. The Morgan fingerprint density at radius 2 is 1.92 bits per heavy atom. The summed E-state index contributed by atoms with van der Waals surface area (Å²) in [5.74, 6) is -2.06. The van der Waals surface area contributed by atoms with Crippen molar-refractivity contribution >= 4 is 45.9 Å². The van der Waals surface area contributed by atoms with Crippen molar-refractivity contribution in [2.75, 3.05) is 7.11 Å². The van der Waals surface area contributed by atoms with Crippen molar-refractivity contribution in [2.45, 2.75) is 19.4 Å². The van der Waals surface area contributed by atoms with Crippen LogP contribution < -0.4 is 16.0 Å². The van der Waals surface area contributed by atoms with E-state index in [2.05, 4.69) is 10.3 Å². The van der Waals surface area contributed by atoms with Gasteiger partial charge in [-0.15, -0.1) is 5.10 Å². The highest BCUT2D eigenvalue weighted by molar-refractivity contribution is 14.1. The van der Waals surface area contributed by atoms with Crippen LogP contribution in [-0.2, 0) is 0 Å². The number of ether oxygens (including phenoxy) is 1. The normalized spacial score (nSPS) is 11.8. The lowest BCUT2D eigenvalue weighted by molar-refractivity contribution is 0.0917. The Morgan fingerprint density at radius 1 is 1.16 bits per heavy atom. The first-order valence-corrected chi connectivity index (χ1v) is 12.4. The third kappa shape index (κ3) is 5.27. The Morgan fingerprint density at radius 3 is 2.51 bits per heavy atom. The number of amides is 1. The van der Waals surface area contributed by atoms with Gasteiger partial charge in [-0.3, -0.25) is 14.4 Å². The van der Waals surface area contributed by atoms with Crippen molar-refractivity contribution < 1.29 is 18.7 Å². The van der Waals surface area contributed by atoms with Gasteiger partial charge in [0.2, 0.25) is 0 Å². The first kappa shape index (κ1) is 26.5. The van der Waals surface area contributed by atoms with Crippen LogP contribution in [0.4, 0.5) is 4.39 Å². The number of pyridine rings is 1. The highest BCUT2D eigenvalue weighted by Gasteiger charge is 2.25. The zero-order valence-corrected chi connectivity index (χ0v) is 22.5. The number of Topliss-reactive ketones (excluding diaryl/α,β-unsaturated/α-hetero) is 1. The molecule has 190 valence electrons.